The van der Waals surface area contributed by atoms with Gasteiger partial charge in [-0.3, -0.25) is 0 Å². The zero-order valence-electron chi connectivity index (χ0n) is 12.6. The van der Waals surface area contributed by atoms with Crippen LogP contribution < -0.4 is 4.74 Å². The van der Waals surface area contributed by atoms with E-state index in [1.807, 2.05) is 60.7 Å². The Balaban J connectivity index is 1.51. The van der Waals surface area contributed by atoms with Crippen molar-refractivity contribution in [1.29, 1.82) is 0 Å². The molecule has 0 bridgehead atoms. The van der Waals surface area contributed by atoms with E-state index in [-0.39, 0.29) is 0 Å². The van der Waals surface area contributed by atoms with Crippen LogP contribution in [-0.2, 0) is 6.61 Å². The molecule has 0 saturated carbocycles. The first-order valence-corrected chi connectivity index (χ1v) is 7.64. The topological polar surface area (TPSA) is 22.4 Å². The average Bonchev–Trinajstić information content (AvgIpc) is 3.05. The molecule has 0 atom stereocenters. The molecule has 0 spiro atoms. The lowest BCUT2D eigenvalue weighted by Crippen LogP contribution is -1.94. The second-order valence-electron chi connectivity index (χ2n) is 5.45. The van der Waals surface area contributed by atoms with Gasteiger partial charge < -0.3 is 9.15 Å². The average molecular weight is 300 g/mol. The van der Waals surface area contributed by atoms with E-state index in [2.05, 4.69) is 24.3 Å². The van der Waals surface area contributed by atoms with Gasteiger partial charge in [-0.1, -0.05) is 48.5 Å². The van der Waals surface area contributed by atoms with Crippen molar-refractivity contribution < 1.29 is 9.15 Å². The molecule has 2 nitrogen and oxygen atoms in total. The van der Waals surface area contributed by atoms with E-state index in [4.69, 9.17) is 9.15 Å². The minimum absolute atomic E-state index is 0.574. The summed E-state index contributed by atoms with van der Waals surface area (Å²) in [6.07, 6.45) is 0. The lowest BCUT2D eigenvalue weighted by atomic mass is 10.1. The fraction of sp³-hybridized carbons (Fsp3) is 0.0476. The lowest BCUT2D eigenvalue weighted by Gasteiger charge is -2.06. The number of para-hydroxylation sites is 1. The molecular formula is C21H16O2. The molecule has 112 valence electrons. The molecule has 0 aliphatic carbocycles. The second-order valence-corrected chi connectivity index (χ2v) is 5.45. The van der Waals surface area contributed by atoms with Crippen LogP contribution in [0.5, 0.6) is 5.75 Å². The molecule has 1 aromatic heterocycles. The Bertz CT molecular complexity index is 872. The molecule has 0 fully saturated rings. The first-order valence-electron chi connectivity index (χ1n) is 7.64. The van der Waals surface area contributed by atoms with Crippen LogP contribution in [0.4, 0.5) is 0 Å². The van der Waals surface area contributed by atoms with Gasteiger partial charge in [-0.05, 0) is 42.0 Å². The van der Waals surface area contributed by atoms with Crippen LogP contribution in [0, 0.1) is 0 Å². The van der Waals surface area contributed by atoms with E-state index in [0.29, 0.717) is 6.61 Å². The Morgan fingerprint density at radius 3 is 2.26 bits per heavy atom. The van der Waals surface area contributed by atoms with Gasteiger partial charge >= 0.3 is 0 Å². The third-order valence-electron chi connectivity index (χ3n) is 3.81. The summed E-state index contributed by atoms with van der Waals surface area (Å²) in [6, 6.07) is 28.3. The van der Waals surface area contributed by atoms with Crippen molar-refractivity contribution in [1.82, 2.24) is 0 Å². The van der Waals surface area contributed by atoms with Crippen LogP contribution in [0.3, 0.4) is 0 Å². The molecule has 4 rings (SSSR count). The van der Waals surface area contributed by atoms with E-state index in [1.165, 1.54) is 0 Å². The number of ether oxygens (including phenoxy) is 1. The van der Waals surface area contributed by atoms with Crippen molar-refractivity contribution >= 4 is 11.0 Å². The van der Waals surface area contributed by atoms with Gasteiger partial charge in [0.2, 0.25) is 0 Å². The van der Waals surface area contributed by atoms with Crippen molar-refractivity contribution in [2.24, 2.45) is 0 Å². The van der Waals surface area contributed by atoms with Gasteiger partial charge in [-0.15, -0.1) is 0 Å². The van der Waals surface area contributed by atoms with Crippen LogP contribution in [0.2, 0.25) is 0 Å². The number of fused-ring (bicyclic) bond motifs is 1. The van der Waals surface area contributed by atoms with Gasteiger partial charge in [0, 0.05) is 10.9 Å². The largest absolute Gasteiger partial charge is 0.489 e. The van der Waals surface area contributed by atoms with E-state index < -0.39 is 0 Å². The predicted octanol–water partition coefficient (Wildman–Crippen LogP) is 5.68. The Kier molecular flexibility index (Phi) is 3.57. The number of hydrogen-bond donors (Lipinski definition) is 0. The molecule has 1 heterocycles. The van der Waals surface area contributed by atoms with Crippen molar-refractivity contribution in [2.75, 3.05) is 0 Å². The Hall–Kier alpha value is -3.00. The minimum Gasteiger partial charge on any atom is -0.489 e. The van der Waals surface area contributed by atoms with E-state index >= 15 is 0 Å². The summed E-state index contributed by atoms with van der Waals surface area (Å²) in [5.41, 5.74) is 3.12. The normalized spacial score (nSPS) is 10.8. The maximum Gasteiger partial charge on any atom is 0.135 e. The summed E-state index contributed by atoms with van der Waals surface area (Å²) in [5, 5.41) is 1.12. The molecular weight excluding hydrogens is 284 g/mol. The van der Waals surface area contributed by atoms with Crippen LogP contribution in [0.25, 0.3) is 22.3 Å². The number of rotatable bonds is 4. The zero-order valence-corrected chi connectivity index (χ0v) is 12.6. The number of hydrogen-bond acceptors (Lipinski definition) is 2. The van der Waals surface area contributed by atoms with Crippen LogP contribution in [-0.4, -0.2) is 0 Å². The summed E-state index contributed by atoms with van der Waals surface area (Å²) >= 11 is 0. The first kappa shape index (κ1) is 13.6. The lowest BCUT2D eigenvalue weighted by molar-refractivity contribution is 0.306. The molecule has 23 heavy (non-hydrogen) atoms. The molecule has 0 amide bonds. The monoisotopic (exact) mass is 300 g/mol. The van der Waals surface area contributed by atoms with Crippen LogP contribution in [0.1, 0.15) is 5.56 Å². The predicted molar refractivity (Wildman–Crippen MR) is 92.4 cm³/mol. The fourth-order valence-electron chi connectivity index (χ4n) is 2.58. The van der Waals surface area contributed by atoms with Crippen molar-refractivity contribution in [3.05, 3.63) is 90.5 Å². The highest BCUT2D eigenvalue weighted by Gasteiger charge is 2.06. The SMILES string of the molecule is c1ccc(COc2ccc(-c3cc4ccccc4o3)cc2)cc1. The highest BCUT2D eigenvalue weighted by molar-refractivity contribution is 5.82. The molecule has 2 heteroatoms. The van der Waals surface area contributed by atoms with Gasteiger partial charge in [-0.2, -0.15) is 0 Å². The third kappa shape index (κ3) is 2.97. The third-order valence-corrected chi connectivity index (χ3v) is 3.81. The maximum absolute atomic E-state index is 5.88. The molecule has 0 N–H and O–H groups in total. The maximum atomic E-state index is 5.88. The van der Waals surface area contributed by atoms with Gasteiger partial charge in [0.15, 0.2) is 0 Å². The van der Waals surface area contributed by atoms with Gasteiger partial charge in [0.25, 0.3) is 0 Å². The summed E-state index contributed by atoms with van der Waals surface area (Å²) < 4.78 is 11.7. The van der Waals surface area contributed by atoms with Crippen molar-refractivity contribution in [3.63, 3.8) is 0 Å². The van der Waals surface area contributed by atoms with Crippen molar-refractivity contribution in [2.45, 2.75) is 6.61 Å². The van der Waals surface area contributed by atoms with E-state index in [0.717, 1.165) is 33.6 Å². The highest BCUT2D eigenvalue weighted by atomic mass is 16.5. The number of furan rings is 1. The Morgan fingerprint density at radius 1 is 0.739 bits per heavy atom. The van der Waals surface area contributed by atoms with Gasteiger partial charge in [0.05, 0.1) is 0 Å². The van der Waals surface area contributed by atoms with Crippen molar-refractivity contribution in [3.8, 4) is 17.1 Å². The minimum atomic E-state index is 0.574. The first-order chi connectivity index (χ1) is 11.4. The van der Waals surface area contributed by atoms with E-state index in [1.54, 1.807) is 0 Å². The molecule has 0 unspecified atom stereocenters. The molecule has 0 aliphatic rings. The second kappa shape index (κ2) is 6.01. The zero-order chi connectivity index (χ0) is 15.5. The number of benzene rings is 3. The van der Waals surface area contributed by atoms with E-state index in [9.17, 15) is 0 Å². The molecule has 0 aliphatic heterocycles. The summed E-state index contributed by atoms with van der Waals surface area (Å²) in [4.78, 5) is 0. The van der Waals surface area contributed by atoms with Gasteiger partial charge in [-0.25, -0.2) is 0 Å². The standard InChI is InChI=1S/C21H16O2/c1-2-6-16(7-3-1)15-22-19-12-10-17(11-13-19)21-14-18-8-4-5-9-20(18)23-21/h1-14H,15H2. The van der Waals surface area contributed by atoms with Gasteiger partial charge in [0.1, 0.15) is 23.7 Å². The summed E-state index contributed by atoms with van der Waals surface area (Å²) in [5.74, 6) is 1.73. The van der Waals surface area contributed by atoms with Crippen LogP contribution in [0.15, 0.2) is 89.3 Å². The molecule has 4 aromatic rings. The van der Waals surface area contributed by atoms with Crippen LogP contribution >= 0.6 is 0 Å². The quantitative estimate of drug-likeness (QED) is 0.484. The molecule has 3 aromatic carbocycles. The molecule has 0 radical (unpaired) electrons. The Labute approximate surface area is 135 Å². The molecule has 0 saturated heterocycles. The Morgan fingerprint density at radius 2 is 1.48 bits per heavy atom. The highest BCUT2D eigenvalue weighted by Crippen LogP contribution is 2.29. The fourth-order valence-corrected chi connectivity index (χ4v) is 2.58. The summed E-state index contributed by atoms with van der Waals surface area (Å²) in [7, 11) is 0. The smallest absolute Gasteiger partial charge is 0.135 e. The summed E-state index contributed by atoms with van der Waals surface area (Å²) in [6.45, 7) is 0.574.